The number of rotatable bonds is 6. The van der Waals surface area contributed by atoms with Crippen LogP contribution in [0.5, 0.6) is 0 Å². The van der Waals surface area contributed by atoms with Gasteiger partial charge in [0.1, 0.15) is 0 Å². The van der Waals surface area contributed by atoms with Crippen LogP contribution in [0, 0.1) is 46.3 Å². The molecule has 0 saturated heterocycles. The Morgan fingerprint density at radius 3 is 2.55 bits per heavy atom. The highest BCUT2D eigenvalue weighted by molar-refractivity contribution is 5.25. The van der Waals surface area contributed by atoms with Gasteiger partial charge in [-0.15, -0.1) is 6.58 Å². The third-order valence-electron chi connectivity index (χ3n) is 11.2. The average molecular weight is 429 g/mol. The van der Waals surface area contributed by atoms with Crippen LogP contribution in [0.15, 0.2) is 24.3 Å². The summed E-state index contributed by atoms with van der Waals surface area (Å²) in [5, 5.41) is 21.2. The summed E-state index contributed by atoms with van der Waals surface area (Å²) in [6, 6.07) is 0. The van der Waals surface area contributed by atoms with E-state index in [1.165, 1.54) is 38.5 Å². The molecule has 31 heavy (non-hydrogen) atoms. The van der Waals surface area contributed by atoms with Crippen LogP contribution in [-0.4, -0.2) is 21.9 Å². The van der Waals surface area contributed by atoms with Crippen LogP contribution in [-0.2, 0) is 0 Å². The smallest absolute Gasteiger partial charge is 0.0847 e. The summed E-state index contributed by atoms with van der Waals surface area (Å²) in [5.74, 6) is 4.17. The van der Waals surface area contributed by atoms with Crippen molar-refractivity contribution >= 4 is 0 Å². The van der Waals surface area contributed by atoms with Crippen molar-refractivity contribution in [2.75, 3.05) is 0 Å². The van der Waals surface area contributed by atoms with Crippen molar-refractivity contribution in [1.29, 1.82) is 0 Å². The zero-order chi connectivity index (χ0) is 22.6. The fraction of sp³-hybridized carbons (Fsp3) is 0.862. The van der Waals surface area contributed by atoms with Crippen LogP contribution < -0.4 is 0 Å². The highest BCUT2D eigenvalue weighted by Crippen LogP contribution is 2.67. The summed E-state index contributed by atoms with van der Waals surface area (Å²) in [5.41, 5.74) is 1.65. The van der Waals surface area contributed by atoms with E-state index in [-0.39, 0.29) is 12.0 Å². The van der Waals surface area contributed by atoms with Crippen LogP contribution >= 0.6 is 0 Å². The Kier molecular flexibility index (Phi) is 6.32. The number of hydrogen-bond donors (Lipinski definition) is 2. The van der Waals surface area contributed by atoms with Gasteiger partial charge in [-0.1, -0.05) is 52.3 Å². The van der Waals surface area contributed by atoms with Gasteiger partial charge in [-0.25, -0.2) is 0 Å². The van der Waals surface area contributed by atoms with Crippen LogP contribution in [0.3, 0.4) is 0 Å². The second-order valence-electron chi connectivity index (χ2n) is 12.8. The second-order valence-corrected chi connectivity index (χ2v) is 12.8. The fourth-order valence-electron chi connectivity index (χ4n) is 8.90. The van der Waals surface area contributed by atoms with Gasteiger partial charge in [0, 0.05) is 0 Å². The molecule has 2 N–H and O–H groups in total. The van der Waals surface area contributed by atoms with E-state index >= 15 is 0 Å². The molecule has 0 aromatic carbocycles. The lowest BCUT2D eigenvalue weighted by Gasteiger charge is -2.58. The van der Waals surface area contributed by atoms with Crippen molar-refractivity contribution in [2.24, 2.45) is 46.3 Å². The van der Waals surface area contributed by atoms with E-state index in [9.17, 15) is 10.2 Å². The van der Waals surface area contributed by atoms with Crippen LogP contribution in [0.25, 0.3) is 0 Å². The Morgan fingerprint density at radius 2 is 1.87 bits per heavy atom. The number of hydrogen-bond acceptors (Lipinski definition) is 2. The van der Waals surface area contributed by atoms with Gasteiger partial charge in [-0.2, -0.15) is 0 Å². The first-order valence-electron chi connectivity index (χ1n) is 13.3. The molecule has 176 valence electrons. The van der Waals surface area contributed by atoms with Gasteiger partial charge in [-0.05, 0) is 111 Å². The van der Waals surface area contributed by atoms with E-state index < -0.39 is 5.60 Å². The van der Waals surface area contributed by atoms with Gasteiger partial charge < -0.3 is 10.2 Å². The molecule has 0 spiro atoms. The molecule has 2 heteroatoms. The molecule has 0 radical (unpaired) electrons. The number of aliphatic hydroxyl groups is 2. The van der Waals surface area contributed by atoms with Gasteiger partial charge in [-0.3, -0.25) is 0 Å². The first-order chi connectivity index (χ1) is 14.5. The van der Waals surface area contributed by atoms with E-state index in [1.54, 1.807) is 11.6 Å². The van der Waals surface area contributed by atoms with Crippen molar-refractivity contribution < 1.29 is 10.2 Å². The highest BCUT2D eigenvalue weighted by Gasteiger charge is 2.59. The molecule has 0 aliphatic heterocycles. The van der Waals surface area contributed by atoms with Crippen molar-refractivity contribution in [3.63, 3.8) is 0 Å². The number of allylic oxidation sites excluding steroid dienone is 1. The quantitative estimate of drug-likeness (QED) is 0.451. The molecule has 4 aliphatic rings. The molecule has 4 aliphatic carbocycles. The average Bonchev–Trinajstić information content (AvgIpc) is 3.09. The Morgan fingerprint density at radius 1 is 1.13 bits per heavy atom. The summed E-state index contributed by atoms with van der Waals surface area (Å²) in [4.78, 5) is 0. The van der Waals surface area contributed by atoms with Gasteiger partial charge in [0.05, 0.1) is 11.7 Å². The monoisotopic (exact) mass is 428 g/mol. The molecule has 2 nitrogen and oxygen atoms in total. The summed E-state index contributed by atoms with van der Waals surface area (Å²) in [6.07, 6.45) is 16.0. The second kappa shape index (κ2) is 8.32. The molecule has 4 rings (SSSR count). The van der Waals surface area contributed by atoms with Gasteiger partial charge >= 0.3 is 0 Å². The van der Waals surface area contributed by atoms with Crippen molar-refractivity contribution in [3.8, 4) is 0 Å². The van der Waals surface area contributed by atoms with E-state index in [1.807, 2.05) is 0 Å². The molecule has 3 saturated carbocycles. The largest absolute Gasteiger partial charge is 0.393 e. The van der Waals surface area contributed by atoms with E-state index in [0.29, 0.717) is 16.7 Å². The molecule has 0 amide bonds. The summed E-state index contributed by atoms with van der Waals surface area (Å²) in [6.45, 7) is 15.7. The van der Waals surface area contributed by atoms with Gasteiger partial charge in [0.15, 0.2) is 0 Å². The maximum Gasteiger partial charge on any atom is 0.0847 e. The molecule has 0 aromatic rings. The molecule has 0 aromatic heterocycles. The van der Waals surface area contributed by atoms with E-state index in [2.05, 4.69) is 47.3 Å². The molecule has 2 unspecified atom stereocenters. The van der Waals surface area contributed by atoms with Crippen molar-refractivity contribution in [2.45, 2.75) is 111 Å². The van der Waals surface area contributed by atoms with Gasteiger partial charge in [0.25, 0.3) is 0 Å². The third-order valence-corrected chi connectivity index (χ3v) is 11.2. The predicted octanol–water partition coefficient (Wildman–Crippen LogP) is 6.92. The van der Waals surface area contributed by atoms with Crippen LogP contribution in [0.2, 0.25) is 0 Å². The zero-order valence-corrected chi connectivity index (χ0v) is 20.9. The number of fused-ring (bicyclic) bond motifs is 5. The van der Waals surface area contributed by atoms with Crippen molar-refractivity contribution in [1.82, 2.24) is 0 Å². The highest BCUT2D eigenvalue weighted by atomic mass is 16.3. The minimum absolute atomic E-state index is 0.110. The Labute approximate surface area is 191 Å². The SMILES string of the molecule is C=CC(O)(CCC(C)[C@H]1CC[C@H]2[C@@H]3CC=C4C[C@@H](O)CC[C@]4(C)[C@H]3CC[C@]12C)C(C)C. The zero-order valence-electron chi connectivity index (χ0n) is 20.9. The van der Waals surface area contributed by atoms with E-state index in [0.717, 1.165) is 49.4 Å². The topological polar surface area (TPSA) is 40.5 Å². The summed E-state index contributed by atoms with van der Waals surface area (Å²) < 4.78 is 0. The first kappa shape index (κ1) is 23.6. The Hall–Kier alpha value is -0.600. The lowest BCUT2D eigenvalue weighted by atomic mass is 9.47. The number of aliphatic hydroxyl groups excluding tert-OH is 1. The summed E-state index contributed by atoms with van der Waals surface area (Å²) in [7, 11) is 0. The summed E-state index contributed by atoms with van der Waals surface area (Å²) >= 11 is 0. The van der Waals surface area contributed by atoms with E-state index in [4.69, 9.17) is 0 Å². The van der Waals surface area contributed by atoms with Crippen LogP contribution in [0.1, 0.15) is 98.8 Å². The molecule has 3 fully saturated rings. The molecule has 9 atom stereocenters. The maximum absolute atomic E-state index is 11.0. The lowest BCUT2D eigenvalue weighted by molar-refractivity contribution is -0.0590. The maximum atomic E-state index is 11.0. The predicted molar refractivity (Wildman–Crippen MR) is 130 cm³/mol. The Bertz CT molecular complexity index is 710. The normalized spacial score (nSPS) is 45.2. The van der Waals surface area contributed by atoms with Crippen molar-refractivity contribution in [3.05, 3.63) is 24.3 Å². The third kappa shape index (κ3) is 3.78. The van der Waals surface area contributed by atoms with Crippen LogP contribution in [0.4, 0.5) is 0 Å². The standard InChI is InChI=1S/C29H48O2/c1-7-29(31,19(2)3)17-12-20(4)24-10-11-25-23-9-8-21-18-22(30)13-15-27(21,5)26(23)14-16-28(24,25)6/h7-8,19-20,22-26,30-31H,1,9-18H2,2-6H3/t20?,22-,23-,24+,25-,26-,27-,28+,29?/m0/s1. The first-order valence-corrected chi connectivity index (χ1v) is 13.3. The molecular formula is C29H48O2. The fourth-order valence-corrected chi connectivity index (χ4v) is 8.90. The molecule has 0 heterocycles. The minimum atomic E-state index is -0.727. The Balaban J connectivity index is 1.49. The lowest BCUT2D eigenvalue weighted by Crippen LogP contribution is -2.50. The molecular weight excluding hydrogens is 380 g/mol. The van der Waals surface area contributed by atoms with Gasteiger partial charge in [0.2, 0.25) is 0 Å². The minimum Gasteiger partial charge on any atom is -0.393 e. The molecule has 0 bridgehead atoms.